The molecule has 1 aliphatic rings. The van der Waals surface area contributed by atoms with Gasteiger partial charge in [0.25, 0.3) is 5.56 Å². The number of nitrogens with one attached hydrogen (secondary N) is 1. The van der Waals surface area contributed by atoms with Crippen molar-refractivity contribution in [2.45, 2.75) is 39.2 Å². The van der Waals surface area contributed by atoms with Gasteiger partial charge >= 0.3 is 5.69 Å². The van der Waals surface area contributed by atoms with Crippen LogP contribution in [0.25, 0.3) is 0 Å². The van der Waals surface area contributed by atoms with Gasteiger partial charge in [-0.1, -0.05) is 13.8 Å². The molecule has 6 heteroatoms. The summed E-state index contributed by atoms with van der Waals surface area (Å²) in [7, 11) is 3.03. The van der Waals surface area contributed by atoms with Gasteiger partial charge in [0.2, 0.25) is 5.82 Å². The molecule has 106 valence electrons. The second-order valence-electron chi connectivity index (χ2n) is 5.73. The zero-order valence-corrected chi connectivity index (χ0v) is 12.0. The van der Waals surface area contributed by atoms with Crippen molar-refractivity contribution in [3.05, 3.63) is 20.8 Å². The molecule has 3 unspecified atom stereocenters. The molecule has 0 amide bonds. The van der Waals surface area contributed by atoms with Crippen LogP contribution in [0.15, 0.2) is 9.59 Å². The third kappa shape index (κ3) is 2.72. The maximum absolute atomic E-state index is 12.0. The zero-order valence-electron chi connectivity index (χ0n) is 12.0. The molecular weight excluding hydrogens is 244 g/mol. The van der Waals surface area contributed by atoms with E-state index in [0.717, 1.165) is 29.7 Å². The zero-order chi connectivity index (χ0) is 14.2. The minimum Gasteiger partial charge on any atom is -0.361 e. The predicted octanol–water partition coefficient (Wildman–Crippen LogP) is 0.716. The van der Waals surface area contributed by atoms with E-state index in [1.165, 1.54) is 11.7 Å². The first-order valence-corrected chi connectivity index (χ1v) is 6.81. The maximum atomic E-state index is 12.0. The molecule has 1 fully saturated rings. The van der Waals surface area contributed by atoms with E-state index >= 15 is 0 Å². The van der Waals surface area contributed by atoms with Gasteiger partial charge in [0.05, 0.1) is 0 Å². The molecule has 3 atom stereocenters. The van der Waals surface area contributed by atoms with Crippen LogP contribution in [0.5, 0.6) is 0 Å². The Morgan fingerprint density at radius 2 is 1.84 bits per heavy atom. The number of rotatable bonds is 2. The van der Waals surface area contributed by atoms with E-state index in [9.17, 15) is 9.59 Å². The van der Waals surface area contributed by atoms with Gasteiger partial charge in [-0.2, -0.15) is 0 Å². The van der Waals surface area contributed by atoms with Crippen LogP contribution < -0.4 is 16.6 Å². The Morgan fingerprint density at radius 3 is 2.47 bits per heavy atom. The third-order valence-electron chi connectivity index (χ3n) is 4.26. The molecule has 0 aromatic carbocycles. The summed E-state index contributed by atoms with van der Waals surface area (Å²) in [5.41, 5.74) is -0.754. The molecule has 1 aromatic rings. The van der Waals surface area contributed by atoms with E-state index in [-0.39, 0.29) is 17.4 Å². The van der Waals surface area contributed by atoms with Crippen molar-refractivity contribution in [3.63, 3.8) is 0 Å². The van der Waals surface area contributed by atoms with E-state index in [0.29, 0.717) is 5.92 Å². The molecule has 1 aliphatic carbocycles. The molecule has 0 saturated heterocycles. The minimum atomic E-state index is -0.402. The van der Waals surface area contributed by atoms with Gasteiger partial charge in [-0.25, -0.2) is 9.48 Å². The molecule has 0 radical (unpaired) electrons. The van der Waals surface area contributed by atoms with E-state index in [1.807, 2.05) is 0 Å². The molecule has 0 bridgehead atoms. The fraction of sp³-hybridized carbons (Fsp3) is 0.769. The first-order chi connectivity index (χ1) is 8.90. The number of hydrogen-bond donors (Lipinski definition) is 1. The molecule has 1 saturated carbocycles. The van der Waals surface area contributed by atoms with Gasteiger partial charge in [0.15, 0.2) is 0 Å². The van der Waals surface area contributed by atoms with Gasteiger partial charge in [0.1, 0.15) is 0 Å². The average molecular weight is 266 g/mol. The molecule has 1 N–H and O–H groups in total. The molecule has 1 heterocycles. The lowest BCUT2D eigenvalue weighted by atomic mass is 9.79. The Balaban J connectivity index is 2.21. The summed E-state index contributed by atoms with van der Waals surface area (Å²) in [6.45, 7) is 4.51. The molecule has 1 aromatic heterocycles. The van der Waals surface area contributed by atoms with Crippen LogP contribution in [0.2, 0.25) is 0 Å². The van der Waals surface area contributed by atoms with Crippen LogP contribution in [0.4, 0.5) is 5.82 Å². The summed E-state index contributed by atoms with van der Waals surface area (Å²) < 4.78 is 2.28. The monoisotopic (exact) mass is 266 g/mol. The first kappa shape index (κ1) is 13.8. The third-order valence-corrected chi connectivity index (χ3v) is 4.26. The van der Waals surface area contributed by atoms with Gasteiger partial charge in [-0.15, -0.1) is 5.10 Å². The van der Waals surface area contributed by atoms with Crippen LogP contribution in [0.3, 0.4) is 0 Å². The SMILES string of the molecule is CC1CCC(Nc2nn(C)c(=O)n(C)c2=O)CC1C. The van der Waals surface area contributed by atoms with Crippen molar-refractivity contribution in [3.8, 4) is 0 Å². The van der Waals surface area contributed by atoms with E-state index in [1.54, 1.807) is 7.05 Å². The van der Waals surface area contributed by atoms with Crippen LogP contribution in [-0.4, -0.2) is 20.4 Å². The summed E-state index contributed by atoms with van der Waals surface area (Å²) in [6, 6.07) is 0.268. The fourth-order valence-electron chi connectivity index (χ4n) is 2.66. The van der Waals surface area contributed by atoms with Crippen LogP contribution in [0, 0.1) is 11.8 Å². The number of hydrogen-bond acceptors (Lipinski definition) is 4. The van der Waals surface area contributed by atoms with Gasteiger partial charge in [0, 0.05) is 20.1 Å². The summed E-state index contributed by atoms with van der Waals surface area (Å²) in [6.07, 6.45) is 3.24. The van der Waals surface area contributed by atoms with E-state index in [2.05, 4.69) is 24.3 Å². The Bertz CT molecular complexity index is 575. The number of nitrogens with zero attached hydrogens (tertiary/aromatic N) is 3. The number of aryl methyl sites for hydroxylation is 1. The Labute approximate surface area is 112 Å². The minimum absolute atomic E-state index is 0.268. The largest absolute Gasteiger partial charge is 0.361 e. The van der Waals surface area contributed by atoms with E-state index < -0.39 is 5.69 Å². The van der Waals surface area contributed by atoms with Crippen molar-refractivity contribution >= 4 is 5.82 Å². The number of anilines is 1. The molecule has 0 spiro atoms. The van der Waals surface area contributed by atoms with Crippen molar-refractivity contribution in [1.82, 2.24) is 14.3 Å². The highest BCUT2D eigenvalue weighted by molar-refractivity contribution is 5.31. The molecule has 2 rings (SSSR count). The second-order valence-corrected chi connectivity index (χ2v) is 5.73. The highest BCUT2D eigenvalue weighted by atomic mass is 16.2. The lowest BCUT2D eigenvalue weighted by Gasteiger charge is -2.32. The van der Waals surface area contributed by atoms with Crippen molar-refractivity contribution in [2.24, 2.45) is 25.9 Å². The summed E-state index contributed by atoms with van der Waals surface area (Å²) >= 11 is 0. The first-order valence-electron chi connectivity index (χ1n) is 6.81. The maximum Gasteiger partial charge on any atom is 0.346 e. The Morgan fingerprint density at radius 1 is 1.16 bits per heavy atom. The summed E-state index contributed by atoms with van der Waals surface area (Å²) in [5.74, 6) is 1.65. The van der Waals surface area contributed by atoms with Gasteiger partial charge in [-0.3, -0.25) is 9.36 Å². The van der Waals surface area contributed by atoms with Gasteiger partial charge in [-0.05, 0) is 31.1 Å². The summed E-state index contributed by atoms with van der Waals surface area (Å²) in [4.78, 5) is 23.6. The van der Waals surface area contributed by atoms with E-state index in [4.69, 9.17) is 0 Å². The van der Waals surface area contributed by atoms with Crippen molar-refractivity contribution < 1.29 is 0 Å². The topological polar surface area (TPSA) is 68.9 Å². The summed E-state index contributed by atoms with van der Waals surface area (Å²) in [5, 5.41) is 7.24. The Kier molecular flexibility index (Phi) is 3.78. The molecule has 0 aliphatic heterocycles. The van der Waals surface area contributed by atoms with Crippen molar-refractivity contribution in [2.75, 3.05) is 5.32 Å². The van der Waals surface area contributed by atoms with Crippen LogP contribution in [-0.2, 0) is 14.1 Å². The quantitative estimate of drug-likeness (QED) is 0.856. The molecule has 6 nitrogen and oxygen atoms in total. The Hall–Kier alpha value is -1.59. The van der Waals surface area contributed by atoms with Crippen LogP contribution in [0.1, 0.15) is 33.1 Å². The fourth-order valence-corrected chi connectivity index (χ4v) is 2.66. The predicted molar refractivity (Wildman–Crippen MR) is 74.3 cm³/mol. The normalized spacial score (nSPS) is 27.3. The lowest BCUT2D eigenvalue weighted by Crippen LogP contribution is -2.42. The highest BCUT2D eigenvalue weighted by Crippen LogP contribution is 2.30. The number of aromatic nitrogens is 3. The lowest BCUT2D eigenvalue weighted by molar-refractivity contribution is 0.260. The van der Waals surface area contributed by atoms with Crippen LogP contribution >= 0.6 is 0 Å². The van der Waals surface area contributed by atoms with Crippen molar-refractivity contribution in [1.29, 1.82) is 0 Å². The molecular formula is C13H22N4O2. The average Bonchev–Trinajstić information content (AvgIpc) is 2.38. The highest BCUT2D eigenvalue weighted by Gasteiger charge is 2.25. The smallest absolute Gasteiger partial charge is 0.346 e. The second kappa shape index (κ2) is 5.19. The van der Waals surface area contributed by atoms with Gasteiger partial charge < -0.3 is 5.32 Å². The standard InChI is InChI=1S/C13H22N4O2/c1-8-5-6-10(7-9(8)2)14-11-12(18)16(3)13(19)17(4)15-11/h8-10H,5-7H2,1-4H3,(H,14,15). The molecule has 19 heavy (non-hydrogen) atoms.